The average Bonchev–Trinajstić information content (AvgIpc) is 2.48. The molecule has 1 N–H and O–H groups in total. The molecule has 1 amide bonds. The van der Waals surface area contributed by atoms with Crippen molar-refractivity contribution in [2.24, 2.45) is 0 Å². The van der Waals surface area contributed by atoms with Crippen molar-refractivity contribution in [1.82, 2.24) is 4.98 Å². The quantitative estimate of drug-likeness (QED) is 0.916. The lowest BCUT2D eigenvalue weighted by molar-refractivity contribution is -0.122. The number of benzene rings is 1. The summed E-state index contributed by atoms with van der Waals surface area (Å²) in [6.45, 7) is 1.89. The van der Waals surface area contributed by atoms with Crippen molar-refractivity contribution in [3.63, 3.8) is 0 Å². The summed E-state index contributed by atoms with van der Waals surface area (Å²) in [5.74, 6) is 0.888. The van der Waals surface area contributed by atoms with Crippen LogP contribution >= 0.6 is 11.6 Å². The SMILES string of the molecule is CC[C@@H](Oc1ccccc1)C(=O)Nc1ccc(Cl)cn1. The minimum absolute atomic E-state index is 0.230. The second kappa shape index (κ2) is 6.91. The van der Waals surface area contributed by atoms with Crippen molar-refractivity contribution in [3.05, 3.63) is 53.7 Å². The van der Waals surface area contributed by atoms with E-state index in [4.69, 9.17) is 16.3 Å². The maximum Gasteiger partial charge on any atom is 0.266 e. The second-order valence-corrected chi connectivity index (χ2v) is 4.62. The van der Waals surface area contributed by atoms with Gasteiger partial charge in [0.15, 0.2) is 6.10 Å². The first kappa shape index (κ1) is 14.3. The van der Waals surface area contributed by atoms with Crippen molar-refractivity contribution in [1.29, 1.82) is 0 Å². The van der Waals surface area contributed by atoms with Gasteiger partial charge in [-0.05, 0) is 30.7 Å². The van der Waals surface area contributed by atoms with E-state index in [9.17, 15) is 4.79 Å². The lowest BCUT2D eigenvalue weighted by Gasteiger charge is -2.16. The third kappa shape index (κ3) is 3.96. The summed E-state index contributed by atoms with van der Waals surface area (Å²) >= 11 is 5.75. The number of rotatable bonds is 5. The smallest absolute Gasteiger partial charge is 0.266 e. The molecule has 0 aliphatic carbocycles. The number of ether oxygens (including phenoxy) is 1. The van der Waals surface area contributed by atoms with Gasteiger partial charge in [0.2, 0.25) is 0 Å². The molecule has 0 aliphatic rings. The van der Waals surface area contributed by atoms with Crippen LogP contribution in [0.1, 0.15) is 13.3 Å². The third-order valence-corrected chi connectivity index (χ3v) is 2.89. The molecule has 1 aromatic carbocycles. The molecule has 0 saturated heterocycles. The molecule has 5 heteroatoms. The fraction of sp³-hybridized carbons (Fsp3) is 0.200. The Balaban J connectivity index is 2.00. The van der Waals surface area contributed by atoms with Crippen LogP contribution in [0.25, 0.3) is 0 Å². The van der Waals surface area contributed by atoms with Gasteiger partial charge in [-0.15, -0.1) is 0 Å². The zero-order valence-electron chi connectivity index (χ0n) is 11.0. The highest BCUT2D eigenvalue weighted by molar-refractivity contribution is 6.30. The van der Waals surface area contributed by atoms with Gasteiger partial charge in [0, 0.05) is 6.20 Å². The molecule has 2 rings (SSSR count). The summed E-state index contributed by atoms with van der Waals surface area (Å²) in [4.78, 5) is 16.1. The van der Waals surface area contributed by atoms with Gasteiger partial charge in [-0.3, -0.25) is 4.79 Å². The van der Waals surface area contributed by atoms with Crippen LogP contribution < -0.4 is 10.1 Å². The molecule has 1 atom stereocenters. The van der Waals surface area contributed by atoms with Crippen LogP contribution in [-0.2, 0) is 4.79 Å². The third-order valence-electron chi connectivity index (χ3n) is 2.66. The highest BCUT2D eigenvalue weighted by atomic mass is 35.5. The van der Waals surface area contributed by atoms with Gasteiger partial charge in [-0.2, -0.15) is 0 Å². The number of halogens is 1. The highest BCUT2D eigenvalue weighted by Gasteiger charge is 2.18. The van der Waals surface area contributed by atoms with E-state index < -0.39 is 6.10 Å². The van der Waals surface area contributed by atoms with E-state index >= 15 is 0 Å². The molecule has 0 unspecified atom stereocenters. The van der Waals surface area contributed by atoms with E-state index in [-0.39, 0.29) is 5.91 Å². The number of pyridine rings is 1. The molecular weight excluding hydrogens is 276 g/mol. The van der Waals surface area contributed by atoms with Crippen LogP contribution in [0.5, 0.6) is 5.75 Å². The molecule has 0 radical (unpaired) electrons. The Labute approximate surface area is 122 Å². The minimum atomic E-state index is -0.560. The van der Waals surface area contributed by atoms with Crippen LogP contribution in [0.4, 0.5) is 5.82 Å². The number of aromatic nitrogens is 1. The number of hydrogen-bond donors (Lipinski definition) is 1. The Kier molecular flexibility index (Phi) is 4.96. The van der Waals surface area contributed by atoms with Crippen LogP contribution in [-0.4, -0.2) is 17.0 Å². The predicted octanol–water partition coefficient (Wildman–Crippen LogP) is 3.53. The number of para-hydroxylation sites is 1. The summed E-state index contributed by atoms with van der Waals surface area (Å²) in [5, 5.41) is 3.23. The molecule has 2 aromatic rings. The molecule has 20 heavy (non-hydrogen) atoms. The van der Waals surface area contributed by atoms with Gasteiger partial charge >= 0.3 is 0 Å². The van der Waals surface area contributed by atoms with Gasteiger partial charge in [0.05, 0.1) is 5.02 Å². The van der Waals surface area contributed by atoms with Crippen molar-refractivity contribution in [2.75, 3.05) is 5.32 Å². The Morgan fingerprint density at radius 3 is 2.65 bits per heavy atom. The first-order chi connectivity index (χ1) is 9.69. The van der Waals surface area contributed by atoms with Crippen LogP contribution in [0.15, 0.2) is 48.7 Å². The molecule has 0 aliphatic heterocycles. The molecule has 1 heterocycles. The van der Waals surface area contributed by atoms with Gasteiger partial charge in [-0.25, -0.2) is 4.98 Å². The maximum atomic E-state index is 12.1. The minimum Gasteiger partial charge on any atom is -0.481 e. The van der Waals surface area contributed by atoms with Gasteiger partial charge in [0.1, 0.15) is 11.6 Å². The van der Waals surface area contributed by atoms with E-state index in [2.05, 4.69) is 10.3 Å². The van der Waals surface area contributed by atoms with Gasteiger partial charge in [0.25, 0.3) is 5.91 Å². The molecule has 4 nitrogen and oxygen atoms in total. The Hall–Kier alpha value is -2.07. The van der Waals surface area contributed by atoms with E-state index in [1.807, 2.05) is 37.3 Å². The molecule has 0 bridgehead atoms. The van der Waals surface area contributed by atoms with Crippen molar-refractivity contribution in [2.45, 2.75) is 19.4 Å². The topological polar surface area (TPSA) is 51.2 Å². The number of anilines is 1. The number of carbonyl (C=O) groups is 1. The Morgan fingerprint density at radius 1 is 1.30 bits per heavy atom. The standard InChI is InChI=1S/C15H15ClN2O2/c1-2-13(20-12-6-4-3-5-7-12)15(19)18-14-9-8-11(16)10-17-14/h3-10,13H,2H2,1H3,(H,17,18,19)/t13-/m1/s1. The Morgan fingerprint density at radius 2 is 2.05 bits per heavy atom. The fourth-order valence-corrected chi connectivity index (χ4v) is 1.75. The van der Waals surface area contributed by atoms with E-state index in [1.54, 1.807) is 12.1 Å². The monoisotopic (exact) mass is 290 g/mol. The molecule has 0 spiro atoms. The summed E-state index contributed by atoms with van der Waals surface area (Å²) < 4.78 is 5.66. The highest BCUT2D eigenvalue weighted by Crippen LogP contribution is 2.14. The van der Waals surface area contributed by atoms with E-state index in [0.717, 1.165) is 0 Å². The zero-order chi connectivity index (χ0) is 14.4. The maximum absolute atomic E-state index is 12.1. The molecular formula is C15H15ClN2O2. The molecule has 0 saturated carbocycles. The zero-order valence-corrected chi connectivity index (χ0v) is 11.8. The van der Waals surface area contributed by atoms with E-state index in [0.29, 0.717) is 23.0 Å². The molecule has 1 aromatic heterocycles. The summed E-state index contributed by atoms with van der Waals surface area (Å²) in [6.07, 6.45) is 1.49. The van der Waals surface area contributed by atoms with Gasteiger partial charge in [-0.1, -0.05) is 36.7 Å². The van der Waals surface area contributed by atoms with Crippen molar-refractivity contribution >= 4 is 23.3 Å². The van der Waals surface area contributed by atoms with Crippen LogP contribution in [0.3, 0.4) is 0 Å². The first-order valence-electron chi connectivity index (χ1n) is 6.33. The summed E-state index contributed by atoms with van der Waals surface area (Å²) in [7, 11) is 0. The first-order valence-corrected chi connectivity index (χ1v) is 6.71. The Bertz CT molecular complexity index is 558. The average molecular weight is 291 g/mol. The summed E-state index contributed by atoms with van der Waals surface area (Å²) in [5.41, 5.74) is 0. The van der Waals surface area contributed by atoms with Crippen molar-refractivity contribution < 1.29 is 9.53 Å². The number of hydrogen-bond acceptors (Lipinski definition) is 3. The van der Waals surface area contributed by atoms with Crippen LogP contribution in [0, 0.1) is 0 Å². The second-order valence-electron chi connectivity index (χ2n) is 4.18. The number of carbonyl (C=O) groups excluding carboxylic acids is 1. The normalized spacial score (nSPS) is 11.7. The van der Waals surface area contributed by atoms with Crippen molar-refractivity contribution in [3.8, 4) is 5.75 Å². The van der Waals surface area contributed by atoms with E-state index in [1.165, 1.54) is 6.20 Å². The number of nitrogens with one attached hydrogen (secondary N) is 1. The lowest BCUT2D eigenvalue weighted by atomic mass is 10.2. The van der Waals surface area contributed by atoms with Gasteiger partial charge < -0.3 is 10.1 Å². The predicted molar refractivity (Wildman–Crippen MR) is 79.0 cm³/mol. The summed E-state index contributed by atoms with van der Waals surface area (Å²) in [6, 6.07) is 12.6. The molecule has 104 valence electrons. The number of amides is 1. The number of nitrogens with zero attached hydrogens (tertiary/aromatic N) is 1. The largest absolute Gasteiger partial charge is 0.481 e. The van der Waals surface area contributed by atoms with Crippen LogP contribution in [0.2, 0.25) is 5.02 Å². The fourth-order valence-electron chi connectivity index (χ4n) is 1.64. The molecule has 0 fully saturated rings. The lowest BCUT2D eigenvalue weighted by Crippen LogP contribution is -2.32.